The predicted molar refractivity (Wildman–Crippen MR) is 123 cm³/mol. The van der Waals surface area contributed by atoms with Gasteiger partial charge in [0.05, 0.1) is 24.4 Å². The first-order valence-electron chi connectivity index (χ1n) is 9.89. The third-order valence-corrected chi connectivity index (χ3v) is 7.75. The number of carbonyl (C=O) groups is 2. The Balaban J connectivity index is 1.50. The van der Waals surface area contributed by atoms with Crippen molar-refractivity contribution >= 4 is 39.1 Å². The Labute approximate surface area is 191 Å². The third-order valence-electron chi connectivity index (χ3n) is 4.65. The van der Waals surface area contributed by atoms with Gasteiger partial charge >= 0.3 is 0 Å². The number of thioether (sulfide) groups is 1. The molecule has 2 atom stereocenters. The van der Waals surface area contributed by atoms with Crippen LogP contribution in [0.1, 0.15) is 6.92 Å². The Morgan fingerprint density at radius 1 is 1.12 bits per heavy atom. The summed E-state index contributed by atoms with van der Waals surface area (Å²) in [5.41, 5.74) is 0.0567. The van der Waals surface area contributed by atoms with E-state index < -0.39 is 26.5 Å². The van der Waals surface area contributed by atoms with E-state index in [2.05, 4.69) is 16.0 Å². The van der Waals surface area contributed by atoms with Gasteiger partial charge in [-0.2, -0.15) is 0 Å². The first-order valence-corrected chi connectivity index (χ1v) is 12.5. The van der Waals surface area contributed by atoms with Gasteiger partial charge < -0.3 is 20.1 Å². The zero-order chi connectivity index (χ0) is 23.1. The summed E-state index contributed by atoms with van der Waals surface area (Å²) >= 11 is 1.16. The molecule has 0 bridgehead atoms. The molecule has 1 aliphatic rings. The minimum atomic E-state index is -3.87. The smallest absolute Gasteiger partial charge is 0.241 e. The van der Waals surface area contributed by atoms with Crippen molar-refractivity contribution in [1.29, 1.82) is 0 Å². The molecule has 1 saturated heterocycles. The molecule has 172 valence electrons. The molecule has 0 radical (unpaired) electrons. The van der Waals surface area contributed by atoms with E-state index in [1.807, 2.05) is 6.92 Å². The van der Waals surface area contributed by atoms with Crippen LogP contribution in [0.25, 0.3) is 0 Å². The highest BCUT2D eigenvalue weighted by Gasteiger charge is 2.38. The summed E-state index contributed by atoms with van der Waals surface area (Å²) in [4.78, 5) is 24.7. The number of rotatable bonds is 9. The monoisotopic (exact) mass is 479 g/mol. The number of anilines is 1. The van der Waals surface area contributed by atoms with Gasteiger partial charge in [-0.05, 0) is 55.5 Å². The molecule has 11 heteroatoms. The van der Waals surface area contributed by atoms with Gasteiger partial charge in [0.2, 0.25) is 11.8 Å². The summed E-state index contributed by atoms with van der Waals surface area (Å²) in [5.74, 6) is 0.455. The summed E-state index contributed by atoms with van der Waals surface area (Å²) in [5, 5.41) is 7.09. The Hall–Kier alpha value is -2.76. The fraction of sp³-hybridized carbons (Fsp3) is 0.333. The molecule has 0 aromatic heterocycles. The highest BCUT2D eigenvalue weighted by Crippen LogP contribution is 2.22. The van der Waals surface area contributed by atoms with Crippen molar-refractivity contribution in [3.63, 3.8) is 0 Å². The molecule has 0 saturated carbocycles. The molecule has 2 aromatic rings. The molecule has 1 aliphatic heterocycles. The minimum Gasteiger partial charge on any atom is -0.497 e. The summed E-state index contributed by atoms with van der Waals surface area (Å²) < 4.78 is 36.0. The molecule has 3 rings (SSSR count). The van der Waals surface area contributed by atoms with Gasteiger partial charge in [0, 0.05) is 12.2 Å². The Morgan fingerprint density at radius 3 is 2.38 bits per heavy atom. The van der Waals surface area contributed by atoms with E-state index in [-0.39, 0.29) is 23.1 Å². The third kappa shape index (κ3) is 5.93. The molecule has 1 fully saturated rings. The van der Waals surface area contributed by atoms with Crippen molar-refractivity contribution in [1.82, 2.24) is 10.6 Å². The molecule has 0 aliphatic carbocycles. The SMILES string of the molecule is CCOc1ccc(NC(=O)CSC2NCC(S(=O)(=O)c3ccc(OC)cc3)C(=O)N2)cc1. The number of nitrogens with one attached hydrogen (secondary N) is 3. The zero-order valence-corrected chi connectivity index (χ0v) is 19.3. The number of methoxy groups -OCH3 is 1. The lowest BCUT2D eigenvalue weighted by molar-refractivity contribution is -0.122. The first-order chi connectivity index (χ1) is 15.3. The molecule has 2 unspecified atom stereocenters. The largest absolute Gasteiger partial charge is 0.497 e. The molecule has 2 aromatic carbocycles. The molecule has 9 nitrogen and oxygen atoms in total. The second kappa shape index (κ2) is 10.7. The van der Waals surface area contributed by atoms with Gasteiger partial charge in [0.15, 0.2) is 15.1 Å². The van der Waals surface area contributed by atoms with Gasteiger partial charge in [-0.3, -0.25) is 14.9 Å². The van der Waals surface area contributed by atoms with E-state index in [1.165, 1.54) is 31.4 Å². The zero-order valence-electron chi connectivity index (χ0n) is 17.7. The number of sulfone groups is 1. The fourth-order valence-electron chi connectivity index (χ4n) is 3.02. The van der Waals surface area contributed by atoms with E-state index in [9.17, 15) is 18.0 Å². The average Bonchev–Trinajstić information content (AvgIpc) is 2.79. The van der Waals surface area contributed by atoms with Crippen LogP contribution >= 0.6 is 11.8 Å². The quantitative estimate of drug-likeness (QED) is 0.496. The summed E-state index contributed by atoms with van der Waals surface area (Å²) in [7, 11) is -2.38. The van der Waals surface area contributed by atoms with Crippen molar-refractivity contribution < 1.29 is 27.5 Å². The lowest BCUT2D eigenvalue weighted by Crippen LogP contribution is -2.59. The number of hydrogen-bond donors (Lipinski definition) is 3. The lowest BCUT2D eigenvalue weighted by atomic mass is 10.3. The first kappa shape index (κ1) is 23.9. The normalized spacial score (nSPS) is 18.5. The van der Waals surface area contributed by atoms with Crippen molar-refractivity contribution in [2.24, 2.45) is 0 Å². The molecule has 2 amide bonds. The Bertz CT molecular complexity index is 1040. The number of ether oxygens (including phenoxy) is 2. The van der Waals surface area contributed by atoms with E-state index in [0.29, 0.717) is 23.8 Å². The Morgan fingerprint density at radius 2 is 1.78 bits per heavy atom. The molecule has 0 spiro atoms. The van der Waals surface area contributed by atoms with Crippen LogP contribution < -0.4 is 25.4 Å². The van der Waals surface area contributed by atoms with Crippen molar-refractivity contribution in [3.8, 4) is 11.5 Å². The number of hydrogen-bond acceptors (Lipinski definition) is 8. The van der Waals surface area contributed by atoms with Gasteiger partial charge in [-0.1, -0.05) is 0 Å². The fourth-order valence-corrected chi connectivity index (χ4v) is 5.33. The number of amides is 2. The molecular weight excluding hydrogens is 454 g/mol. The predicted octanol–water partition coefficient (Wildman–Crippen LogP) is 1.61. The van der Waals surface area contributed by atoms with Crippen LogP contribution in [0.5, 0.6) is 11.5 Å². The Kier molecular flexibility index (Phi) is 7.99. The van der Waals surface area contributed by atoms with Gasteiger partial charge in [0.25, 0.3) is 0 Å². The topological polar surface area (TPSA) is 123 Å². The van der Waals surface area contributed by atoms with E-state index in [4.69, 9.17) is 9.47 Å². The molecule has 1 heterocycles. The van der Waals surface area contributed by atoms with Crippen LogP contribution in [0.2, 0.25) is 0 Å². The van der Waals surface area contributed by atoms with Crippen molar-refractivity contribution in [2.75, 3.05) is 31.3 Å². The van der Waals surface area contributed by atoms with E-state index >= 15 is 0 Å². The van der Waals surface area contributed by atoms with Crippen molar-refractivity contribution in [3.05, 3.63) is 48.5 Å². The van der Waals surface area contributed by atoms with Crippen LogP contribution in [-0.2, 0) is 19.4 Å². The average molecular weight is 480 g/mol. The standard InChI is InChI=1S/C21H25N3O6S2/c1-3-30-16-6-4-14(5-7-16)23-19(25)13-31-21-22-12-18(20(26)24-21)32(27,28)17-10-8-15(29-2)9-11-17/h4-11,18,21-22H,3,12-13H2,1-2H3,(H,23,25)(H,24,26). The molecular formula is C21H25N3O6S2. The second-order valence-corrected chi connectivity index (χ2v) is 10.0. The van der Waals surface area contributed by atoms with Crippen LogP contribution in [0.15, 0.2) is 53.4 Å². The van der Waals surface area contributed by atoms with Crippen molar-refractivity contribution in [2.45, 2.75) is 22.6 Å². The summed E-state index contributed by atoms with van der Waals surface area (Å²) in [6.45, 7) is 2.39. The lowest BCUT2D eigenvalue weighted by Gasteiger charge is -2.29. The second-order valence-electron chi connectivity index (χ2n) is 6.82. The molecule has 32 heavy (non-hydrogen) atoms. The highest BCUT2D eigenvalue weighted by atomic mass is 32.2. The van der Waals surface area contributed by atoms with Crippen LogP contribution in [-0.4, -0.2) is 57.0 Å². The van der Waals surface area contributed by atoms with Gasteiger partial charge in [0.1, 0.15) is 17.0 Å². The number of carbonyl (C=O) groups excluding carboxylic acids is 2. The maximum atomic E-state index is 12.8. The highest BCUT2D eigenvalue weighted by molar-refractivity contribution is 8.00. The molecule has 3 N–H and O–H groups in total. The van der Waals surface area contributed by atoms with Gasteiger partial charge in [-0.25, -0.2) is 8.42 Å². The van der Waals surface area contributed by atoms with Crippen LogP contribution in [0.3, 0.4) is 0 Å². The summed E-state index contributed by atoms with van der Waals surface area (Å²) in [6.07, 6.45) is 0. The van der Waals surface area contributed by atoms with Crippen LogP contribution in [0, 0.1) is 0 Å². The summed E-state index contributed by atoms with van der Waals surface area (Å²) in [6, 6.07) is 12.9. The van der Waals surface area contributed by atoms with Crippen LogP contribution in [0.4, 0.5) is 5.69 Å². The van der Waals surface area contributed by atoms with E-state index in [1.54, 1.807) is 24.3 Å². The maximum Gasteiger partial charge on any atom is 0.241 e. The maximum absolute atomic E-state index is 12.8. The number of benzene rings is 2. The van der Waals surface area contributed by atoms with E-state index in [0.717, 1.165) is 11.8 Å². The van der Waals surface area contributed by atoms with Gasteiger partial charge in [-0.15, -0.1) is 11.8 Å². The minimum absolute atomic E-state index is 0.0427.